The monoisotopic (exact) mass is 438 g/mol. The van der Waals surface area contributed by atoms with Crippen molar-refractivity contribution in [3.63, 3.8) is 0 Å². The molecule has 0 unspecified atom stereocenters. The number of nitrogens with zero attached hydrogens (tertiary/aromatic N) is 1. The van der Waals surface area contributed by atoms with Crippen LogP contribution in [0.15, 0.2) is 42.5 Å². The summed E-state index contributed by atoms with van der Waals surface area (Å²) in [5.74, 6) is 0.553. The maximum Gasteiger partial charge on any atom is 0.232 e. The van der Waals surface area contributed by atoms with Gasteiger partial charge in [0.1, 0.15) is 5.75 Å². The minimum atomic E-state index is -3.50. The van der Waals surface area contributed by atoms with Gasteiger partial charge in [0.15, 0.2) is 0 Å². The maximum atomic E-state index is 12.2. The Bertz CT molecular complexity index is 944. The number of carbonyl (C=O) groups is 1. The predicted molar refractivity (Wildman–Crippen MR) is 118 cm³/mol. The Morgan fingerprint density at radius 1 is 1.17 bits per heavy atom. The molecule has 2 aromatic carbocycles. The van der Waals surface area contributed by atoms with Crippen molar-refractivity contribution in [3.8, 4) is 5.75 Å². The largest absolute Gasteiger partial charge is 0.491 e. The zero-order valence-corrected chi connectivity index (χ0v) is 18.7. The third-order valence-corrected chi connectivity index (χ3v) is 5.77. The number of amides is 1. The molecule has 0 saturated heterocycles. The van der Waals surface area contributed by atoms with Gasteiger partial charge < -0.3 is 10.1 Å². The molecule has 0 heterocycles. The number of halogens is 1. The first-order valence-electron chi connectivity index (χ1n) is 9.37. The summed E-state index contributed by atoms with van der Waals surface area (Å²) in [5, 5.41) is 3.31. The van der Waals surface area contributed by atoms with Gasteiger partial charge in [-0.3, -0.25) is 9.10 Å². The standard InChI is InChI=1S/C21H27ClN2O4S/c1-15(2)28-18-12-10-17(11-13-18)23-21(25)9-6-14-24(29(4,26)27)20-8-5-7-19(22)16(20)3/h5,7-8,10-13,15H,6,9,14H2,1-4H3,(H,23,25). The average Bonchev–Trinajstić information content (AvgIpc) is 2.62. The third-order valence-electron chi connectivity index (χ3n) is 4.18. The fraction of sp³-hybridized carbons (Fsp3) is 0.381. The summed E-state index contributed by atoms with van der Waals surface area (Å²) >= 11 is 6.13. The van der Waals surface area contributed by atoms with Crippen molar-refractivity contribution < 1.29 is 17.9 Å². The first-order valence-corrected chi connectivity index (χ1v) is 11.6. The fourth-order valence-corrected chi connectivity index (χ4v) is 4.01. The van der Waals surface area contributed by atoms with Gasteiger partial charge >= 0.3 is 0 Å². The maximum absolute atomic E-state index is 12.2. The SMILES string of the molecule is Cc1c(Cl)cccc1N(CCCC(=O)Nc1ccc(OC(C)C)cc1)S(C)(=O)=O. The zero-order valence-electron chi connectivity index (χ0n) is 17.1. The van der Waals surface area contributed by atoms with E-state index in [0.29, 0.717) is 28.4 Å². The smallest absolute Gasteiger partial charge is 0.232 e. The summed E-state index contributed by atoms with van der Waals surface area (Å²) < 4.78 is 31.3. The van der Waals surface area contributed by atoms with Crippen LogP contribution >= 0.6 is 11.6 Å². The highest BCUT2D eigenvalue weighted by atomic mass is 35.5. The Morgan fingerprint density at radius 2 is 1.83 bits per heavy atom. The third kappa shape index (κ3) is 6.94. The molecule has 1 amide bonds. The highest BCUT2D eigenvalue weighted by molar-refractivity contribution is 7.92. The molecule has 6 nitrogen and oxygen atoms in total. The molecule has 2 aromatic rings. The quantitative estimate of drug-likeness (QED) is 0.619. The second kappa shape index (κ2) is 9.98. The lowest BCUT2D eigenvalue weighted by Crippen LogP contribution is -2.32. The number of sulfonamides is 1. The Balaban J connectivity index is 1.95. The molecule has 0 aliphatic rings. The van der Waals surface area contributed by atoms with Crippen LogP contribution in [0.3, 0.4) is 0 Å². The number of ether oxygens (including phenoxy) is 1. The van der Waals surface area contributed by atoms with Crippen LogP contribution in [0.25, 0.3) is 0 Å². The molecule has 0 atom stereocenters. The van der Waals surface area contributed by atoms with Gasteiger partial charge in [0.05, 0.1) is 18.0 Å². The van der Waals surface area contributed by atoms with Crippen LogP contribution in [-0.4, -0.2) is 33.2 Å². The molecule has 0 aliphatic heterocycles. The van der Waals surface area contributed by atoms with E-state index in [1.807, 2.05) is 13.8 Å². The van der Waals surface area contributed by atoms with Gasteiger partial charge in [0.25, 0.3) is 0 Å². The van der Waals surface area contributed by atoms with E-state index in [2.05, 4.69) is 5.32 Å². The summed E-state index contributed by atoms with van der Waals surface area (Å²) in [7, 11) is -3.50. The Hall–Kier alpha value is -2.25. The number of benzene rings is 2. The van der Waals surface area contributed by atoms with E-state index in [0.717, 1.165) is 12.0 Å². The normalized spacial score (nSPS) is 11.4. The van der Waals surface area contributed by atoms with Crippen LogP contribution in [0, 0.1) is 6.92 Å². The van der Waals surface area contributed by atoms with Crippen molar-refractivity contribution in [1.82, 2.24) is 0 Å². The van der Waals surface area contributed by atoms with Crippen LogP contribution in [0.1, 0.15) is 32.3 Å². The van der Waals surface area contributed by atoms with Crippen LogP contribution < -0.4 is 14.4 Å². The zero-order chi connectivity index (χ0) is 21.6. The Kier molecular flexibility index (Phi) is 7.93. The average molecular weight is 439 g/mol. The van der Waals surface area contributed by atoms with Crippen molar-refractivity contribution in [2.45, 2.75) is 39.7 Å². The number of carbonyl (C=O) groups excluding carboxylic acids is 1. The van der Waals surface area contributed by atoms with E-state index in [1.54, 1.807) is 49.4 Å². The summed E-state index contributed by atoms with van der Waals surface area (Å²) in [6.07, 6.45) is 1.79. The molecule has 0 radical (unpaired) electrons. The van der Waals surface area contributed by atoms with Crippen LogP contribution in [0.2, 0.25) is 5.02 Å². The molecule has 0 fully saturated rings. The molecule has 29 heavy (non-hydrogen) atoms. The van der Waals surface area contributed by atoms with E-state index in [-0.39, 0.29) is 25.0 Å². The van der Waals surface area contributed by atoms with E-state index in [4.69, 9.17) is 16.3 Å². The summed E-state index contributed by atoms with van der Waals surface area (Å²) in [4.78, 5) is 12.2. The minimum Gasteiger partial charge on any atom is -0.491 e. The van der Waals surface area contributed by atoms with Crippen LogP contribution in [0.4, 0.5) is 11.4 Å². The minimum absolute atomic E-state index is 0.0800. The van der Waals surface area contributed by atoms with E-state index < -0.39 is 10.0 Å². The summed E-state index contributed by atoms with van der Waals surface area (Å²) in [5.41, 5.74) is 1.88. The summed E-state index contributed by atoms with van der Waals surface area (Å²) in [6.45, 7) is 5.85. The number of rotatable bonds is 9. The second-order valence-corrected chi connectivity index (χ2v) is 9.38. The van der Waals surface area contributed by atoms with Gasteiger partial charge in [-0.05, 0) is 69.2 Å². The lowest BCUT2D eigenvalue weighted by Gasteiger charge is -2.24. The first-order chi connectivity index (χ1) is 13.6. The molecule has 0 spiro atoms. The Morgan fingerprint density at radius 3 is 2.41 bits per heavy atom. The highest BCUT2D eigenvalue weighted by Crippen LogP contribution is 2.28. The van der Waals surface area contributed by atoms with E-state index in [9.17, 15) is 13.2 Å². The lowest BCUT2D eigenvalue weighted by atomic mass is 10.2. The molecular formula is C21H27ClN2O4S. The lowest BCUT2D eigenvalue weighted by molar-refractivity contribution is -0.116. The summed E-state index contributed by atoms with van der Waals surface area (Å²) in [6, 6.07) is 12.3. The molecule has 158 valence electrons. The molecule has 1 N–H and O–H groups in total. The van der Waals surface area contributed by atoms with Crippen molar-refractivity contribution in [1.29, 1.82) is 0 Å². The van der Waals surface area contributed by atoms with E-state index >= 15 is 0 Å². The van der Waals surface area contributed by atoms with Crippen LogP contribution in [-0.2, 0) is 14.8 Å². The van der Waals surface area contributed by atoms with E-state index in [1.165, 1.54) is 4.31 Å². The Labute approximate surface area is 177 Å². The highest BCUT2D eigenvalue weighted by Gasteiger charge is 2.20. The van der Waals surface area contributed by atoms with Gasteiger partial charge in [0, 0.05) is 23.7 Å². The number of nitrogens with one attached hydrogen (secondary N) is 1. The first kappa shape index (κ1) is 23.0. The van der Waals surface area contributed by atoms with Gasteiger partial charge in [-0.25, -0.2) is 8.42 Å². The van der Waals surface area contributed by atoms with Gasteiger partial charge in [-0.2, -0.15) is 0 Å². The van der Waals surface area contributed by atoms with Crippen molar-refractivity contribution in [3.05, 3.63) is 53.1 Å². The molecule has 2 rings (SSSR count). The van der Waals surface area contributed by atoms with Gasteiger partial charge in [-0.1, -0.05) is 17.7 Å². The second-order valence-electron chi connectivity index (χ2n) is 7.06. The number of hydrogen-bond donors (Lipinski definition) is 1. The molecule has 0 saturated carbocycles. The predicted octanol–water partition coefficient (Wildman–Crippen LogP) is 4.62. The molecular weight excluding hydrogens is 412 g/mol. The molecule has 0 aliphatic carbocycles. The molecule has 8 heteroatoms. The van der Waals surface area contributed by atoms with Gasteiger partial charge in [0.2, 0.25) is 15.9 Å². The number of anilines is 2. The fourth-order valence-electron chi connectivity index (χ4n) is 2.83. The van der Waals surface area contributed by atoms with Crippen molar-refractivity contribution in [2.75, 3.05) is 22.4 Å². The van der Waals surface area contributed by atoms with Crippen LogP contribution in [0.5, 0.6) is 5.75 Å². The van der Waals surface area contributed by atoms with Gasteiger partial charge in [-0.15, -0.1) is 0 Å². The van der Waals surface area contributed by atoms with Crippen molar-refractivity contribution >= 4 is 38.9 Å². The molecule has 0 bridgehead atoms. The van der Waals surface area contributed by atoms with Crippen molar-refractivity contribution in [2.24, 2.45) is 0 Å². The molecule has 0 aromatic heterocycles. The topological polar surface area (TPSA) is 75.7 Å². The number of hydrogen-bond acceptors (Lipinski definition) is 4.